The summed E-state index contributed by atoms with van der Waals surface area (Å²) in [6.07, 6.45) is 1.72. The summed E-state index contributed by atoms with van der Waals surface area (Å²) < 4.78 is 0. The summed E-state index contributed by atoms with van der Waals surface area (Å²) in [4.78, 5) is 16.9. The first kappa shape index (κ1) is 16.6. The quantitative estimate of drug-likeness (QED) is 0.524. The average Bonchev–Trinajstić information content (AvgIpc) is 2.74. The molecule has 4 rings (SSSR count). The van der Waals surface area contributed by atoms with Gasteiger partial charge in [0.25, 0.3) is 5.91 Å². The van der Waals surface area contributed by atoms with Crippen LogP contribution in [0.1, 0.15) is 21.5 Å². The minimum absolute atomic E-state index is 0.161. The molecule has 0 fully saturated rings. The van der Waals surface area contributed by atoms with E-state index in [1.807, 2.05) is 72.8 Å². The first-order valence-electron chi connectivity index (χ1n) is 8.62. The van der Waals surface area contributed by atoms with Crippen molar-refractivity contribution < 1.29 is 4.79 Å². The van der Waals surface area contributed by atoms with E-state index < -0.39 is 0 Å². The smallest absolute Gasteiger partial charge is 0.255 e. The van der Waals surface area contributed by atoms with Crippen molar-refractivity contribution >= 4 is 22.5 Å². The number of fused-ring (bicyclic) bond motifs is 1. The van der Waals surface area contributed by atoms with Crippen LogP contribution in [0.3, 0.4) is 0 Å². The Labute approximate surface area is 157 Å². The maximum absolute atomic E-state index is 12.5. The number of nitrogens with zero attached hydrogens (tertiary/aromatic N) is 1. The fourth-order valence-electron chi connectivity index (χ4n) is 2.83. The zero-order valence-corrected chi connectivity index (χ0v) is 14.5. The van der Waals surface area contributed by atoms with Gasteiger partial charge in [-0.1, -0.05) is 48.2 Å². The second-order valence-electron chi connectivity index (χ2n) is 6.00. The lowest BCUT2D eigenvalue weighted by atomic mass is 10.1. The van der Waals surface area contributed by atoms with Crippen molar-refractivity contribution in [3.05, 3.63) is 108 Å². The first-order chi connectivity index (χ1) is 13.3. The third-order valence-corrected chi connectivity index (χ3v) is 4.17. The summed E-state index contributed by atoms with van der Waals surface area (Å²) >= 11 is 0. The van der Waals surface area contributed by atoms with Gasteiger partial charge in [-0.15, -0.1) is 0 Å². The molecule has 0 radical (unpaired) electrons. The second-order valence-corrected chi connectivity index (χ2v) is 6.00. The van der Waals surface area contributed by atoms with Crippen LogP contribution in [0, 0.1) is 11.8 Å². The predicted molar refractivity (Wildman–Crippen MR) is 109 cm³/mol. The van der Waals surface area contributed by atoms with E-state index in [4.69, 9.17) is 0 Å². The van der Waals surface area contributed by atoms with Gasteiger partial charge in [0.1, 0.15) is 0 Å². The van der Waals surface area contributed by atoms with Crippen molar-refractivity contribution in [2.75, 3.05) is 5.32 Å². The van der Waals surface area contributed by atoms with Crippen LogP contribution in [-0.2, 0) is 0 Å². The standard InChI is InChI=1S/C24H16N2O/c27-24(20-10-5-2-6-11-20)26-22-16-15-19(21-12-7-17-25-23(21)22)14-13-18-8-3-1-4-9-18/h1-12,15-17H,(H,26,27). The molecule has 0 aliphatic rings. The van der Waals surface area contributed by atoms with E-state index in [1.54, 1.807) is 18.3 Å². The van der Waals surface area contributed by atoms with Gasteiger partial charge >= 0.3 is 0 Å². The number of anilines is 1. The van der Waals surface area contributed by atoms with Crippen LogP contribution >= 0.6 is 0 Å². The molecule has 0 bridgehead atoms. The third kappa shape index (κ3) is 3.70. The molecule has 3 heteroatoms. The van der Waals surface area contributed by atoms with Gasteiger partial charge in [-0.3, -0.25) is 9.78 Å². The maximum Gasteiger partial charge on any atom is 0.255 e. The molecule has 1 N–H and O–H groups in total. The lowest BCUT2D eigenvalue weighted by Crippen LogP contribution is -2.12. The number of carbonyl (C=O) groups excluding carboxylic acids is 1. The lowest BCUT2D eigenvalue weighted by molar-refractivity contribution is 0.102. The molecule has 0 spiro atoms. The van der Waals surface area contributed by atoms with Crippen LogP contribution in [0.4, 0.5) is 5.69 Å². The van der Waals surface area contributed by atoms with E-state index >= 15 is 0 Å². The molecule has 1 aromatic heterocycles. The zero-order chi connectivity index (χ0) is 18.5. The van der Waals surface area contributed by atoms with Gasteiger partial charge in [-0.2, -0.15) is 0 Å². The van der Waals surface area contributed by atoms with E-state index in [2.05, 4.69) is 22.1 Å². The minimum Gasteiger partial charge on any atom is -0.320 e. The highest BCUT2D eigenvalue weighted by atomic mass is 16.1. The van der Waals surface area contributed by atoms with Gasteiger partial charge in [0, 0.05) is 28.3 Å². The molecule has 1 amide bonds. The number of amides is 1. The molecule has 0 atom stereocenters. The SMILES string of the molecule is O=C(Nc1ccc(C#Cc2ccccc2)c2cccnc12)c1ccccc1. The van der Waals surface area contributed by atoms with Crippen LogP contribution in [0.5, 0.6) is 0 Å². The Kier molecular flexibility index (Phi) is 4.63. The fourth-order valence-corrected chi connectivity index (χ4v) is 2.83. The molecule has 3 aromatic carbocycles. The van der Waals surface area contributed by atoms with Gasteiger partial charge < -0.3 is 5.32 Å². The van der Waals surface area contributed by atoms with Gasteiger partial charge in [-0.25, -0.2) is 0 Å². The summed E-state index contributed by atoms with van der Waals surface area (Å²) in [5.74, 6) is 6.23. The Morgan fingerprint density at radius 2 is 1.52 bits per heavy atom. The molecule has 0 saturated heterocycles. The van der Waals surface area contributed by atoms with Gasteiger partial charge in [0.2, 0.25) is 0 Å². The van der Waals surface area contributed by atoms with E-state index in [0.717, 1.165) is 22.0 Å². The maximum atomic E-state index is 12.5. The molecular weight excluding hydrogens is 332 g/mol. The van der Waals surface area contributed by atoms with E-state index in [0.29, 0.717) is 11.3 Å². The van der Waals surface area contributed by atoms with E-state index in [1.165, 1.54) is 0 Å². The number of pyridine rings is 1. The highest BCUT2D eigenvalue weighted by Gasteiger charge is 2.10. The Morgan fingerprint density at radius 1 is 0.778 bits per heavy atom. The first-order valence-corrected chi connectivity index (χ1v) is 8.62. The molecule has 4 aromatic rings. The molecule has 0 aliphatic heterocycles. The van der Waals surface area contributed by atoms with Crippen LogP contribution in [0.2, 0.25) is 0 Å². The van der Waals surface area contributed by atoms with Gasteiger partial charge in [-0.05, 0) is 48.5 Å². The average molecular weight is 348 g/mol. The van der Waals surface area contributed by atoms with Crippen molar-refractivity contribution in [3.63, 3.8) is 0 Å². The molecule has 1 heterocycles. The van der Waals surface area contributed by atoms with Crippen LogP contribution in [-0.4, -0.2) is 10.9 Å². The highest BCUT2D eigenvalue weighted by Crippen LogP contribution is 2.25. The van der Waals surface area contributed by atoms with E-state index in [-0.39, 0.29) is 5.91 Å². The Morgan fingerprint density at radius 3 is 2.30 bits per heavy atom. The fraction of sp³-hybridized carbons (Fsp3) is 0. The monoisotopic (exact) mass is 348 g/mol. The van der Waals surface area contributed by atoms with Crippen molar-refractivity contribution in [2.45, 2.75) is 0 Å². The van der Waals surface area contributed by atoms with Crippen molar-refractivity contribution in [1.29, 1.82) is 0 Å². The third-order valence-electron chi connectivity index (χ3n) is 4.17. The molecule has 128 valence electrons. The Balaban J connectivity index is 1.71. The Hall–Kier alpha value is -3.90. The van der Waals surface area contributed by atoms with Gasteiger partial charge in [0.05, 0.1) is 11.2 Å². The normalized spacial score (nSPS) is 10.1. The molecule has 0 unspecified atom stereocenters. The summed E-state index contributed by atoms with van der Waals surface area (Å²) in [6, 6.07) is 26.6. The van der Waals surface area contributed by atoms with Crippen molar-refractivity contribution in [3.8, 4) is 11.8 Å². The predicted octanol–water partition coefficient (Wildman–Crippen LogP) is 4.89. The van der Waals surface area contributed by atoms with Crippen LogP contribution in [0.15, 0.2) is 91.1 Å². The topological polar surface area (TPSA) is 42.0 Å². The van der Waals surface area contributed by atoms with E-state index in [9.17, 15) is 4.79 Å². The zero-order valence-electron chi connectivity index (χ0n) is 14.5. The Bertz CT molecular complexity index is 1160. The number of rotatable bonds is 2. The van der Waals surface area contributed by atoms with Crippen LogP contribution < -0.4 is 5.32 Å². The largest absolute Gasteiger partial charge is 0.320 e. The van der Waals surface area contributed by atoms with Gasteiger partial charge in [0.15, 0.2) is 0 Å². The number of hydrogen-bond donors (Lipinski definition) is 1. The number of nitrogens with one attached hydrogen (secondary N) is 1. The summed E-state index contributed by atoms with van der Waals surface area (Å²) in [7, 11) is 0. The molecule has 0 aliphatic carbocycles. The lowest BCUT2D eigenvalue weighted by Gasteiger charge is -2.09. The number of aromatic nitrogens is 1. The number of hydrogen-bond acceptors (Lipinski definition) is 2. The highest BCUT2D eigenvalue weighted by molar-refractivity contribution is 6.08. The molecule has 3 nitrogen and oxygen atoms in total. The number of benzene rings is 3. The summed E-state index contributed by atoms with van der Waals surface area (Å²) in [5.41, 5.74) is 3.83. The molecule has 0 saturated carbocycles. The minimum atomic E-state index is -0.161. The van der Waals surface area contributed by atoms with Crippen molar-refractivity contribution in [2.24, 2.45) is 0 Å². The molecular formula is C24H16N2O. The number of carbonyl (C=O) groups is 1. The summed E-state index contributed by atoms with van der Waals surface area (Å²) in [6.45, 7) is 0. The van der Waals surface area contributed by atoms with Crippen LogP contribution in [0.25, 0.3) is 10.9 Å². The van der Waals surface area contributed by atoms with Crippen molar-refractivity contribution in [1.82, 2.24) is 4.98 Å². The summed E-state index contributed by atoms with van der Waals surface area (Å²) in [5, 5.41) is 3.86. The molecule has 27 heavy (non-hydrogen) atoms. The second kappa shape index (κ2) is 7.55.